The molecule has 0 saturated heterocycles. The minimum Gasteiger partial charge on any atom is -0.497 e. The largest absolute Gasteiger partial charge is 0.497 e. The molecule has 0 aromatic heterocycles. The van der Waals surface area contributed by atoms with E-state index in [-0.39, 0.29) is 6.61 Å². The van der Waals surface area contributed by atoms with Gasteiger partial charge in [0.1, 0.15) is 11.5 Å². The van der Waals surface area contributed by atoms with E-state index in [1.165, 1.54) is 7.11 Å². The second-order valence-electron chi connectivity index (χ2n) is 6.67. The molecule has 0 aliphatic carbocycles. The maximum atomic E-state index is 13.0. The molecular weight excluding hydrogens is 452 g/mol. The molecule has 8 heteroatoms. The Bertz CT molecular complexity index is 975. The van der Waals surface area contributed by atoms with Gasteiger partial charge >= 0.3 is 12.0 Å². The van der Waals surface area contributed by atoms with Gasteiger partial charge in [0.2, 0.25) is 0 Å². The van der Waals surface area contributed by atoms with Crippen LogP contribution in [0.25, 0.3) is 0 Å². The summed E-state index contributed by atoms with van der Waals surface area (Å²) >= 11 is 3.46. The maximum Gasteiger partial charge on any atom is 0.338 e. The molecule has 2 N–H and O–H groups in total. The summed E-state index contributed by atoms with van der Waals surface area (Å²) < 4.78 is 17.0. The fraction of sp³-hybridized carbons (Fsp3) is 0.273. The lowest BCUT2D eigenvalue weighted by atomic mass is 9.94. The van der Waals surface area contributed by atoms with Crippen LogP contribution in [0.15, 0.2) is 58.2 Å². The predicted molar refractivity (Wildman–Crippen MR) is 115 cm³/mol. The third-order valence-corrected chi connectivity index (χ3v) is 5.34. The van der Waals surface area contributed by atoms with Crippen LogP contribution in [0.3, 0.4) is 0 Å². The molecule has 1 aliphatic heterocycles. The van der Waals surface area contributed by atoms with Crippen molar-refractivity contribution in [2.45, 2.75) is 19.4 Å². The summed E-state index contributed by atoms with van der Waals surface area (Å²) in [7, 11) is 3.06. The van der Waals surface area contributed by atoms with Gasteiger partial charge in [-0.15, -0.1) is 0 Å². The van der Waals surface area contributed by atoms with E-state index < -0.39 is 18.0 Å². The van der Waals surface area contributed by atoms with Crippen molar-refractivity contribution in [3.8, 4) is 11.5 Å². The standard InChI is InChI=1S/C22H23BrN2O5/c1-13-18(21(26)30-10-9-14-7-5-4-6-8-14)19(25-22(27)24-13)16-11-15(28-2)12-17(23)20(16)29-3/h4-8,11-12,19H,9-10H2,1-3H3,(H2,24,25,27)/t19-/m0/s1. The number of esters is 1. The van der Waals surface area contributed by atoms with E-state index in [2.05, 4.69) is 26.6 Å². The van der Waals surface area contributed by atoms with Crippen LogP contribution < -0.4 is 20.1 Å². The van der Waals surface area contributed by atoms with E-state index in [1.807, 2.05) is 30.3 Å². The molecule has 1 atom stereocenters. The topological polar surface area (TPSA) is 85.9 Å². The van der Waals surface area contributed by atoms with Gasteiger partial charge in [-0.2, -0.15) is 0 Å². The molecule has 1 heterocycles. The van der Waals surface area contributed by atoms with Crippen LogP contribution in [0, 0.1) is 0 Å². The van der Waals surface area contributed by atoms with Gasteiger partial charge in [-0.25, -0.2) is 9.59 Å². The Morgan fingerprint density at radius 1 is 1.13 bits per heavy atom. The molecule has 2 aromatic carbocycles. The lowest BCUT2D eigenvalue weighted by Crippen LogP contribution is -2.45. The lowest BCUT2D eigenvalue weighted by Gasteiger charge is -2.29. The number of nitrogens with one attached hydrogen (secondary N) is 2. The number of urea groups is 1. The van der Waals surface area contributed by atoms with Crippen LogP contribution in [0.2, 0.25) is 0 Å². The van der Waals surface area contributed by atoms with Crippen LogP contribution in [-0.4, -0.2) is 32.8 Å². The highest BCUT2D eigenvalue weighted by Gasteiger charge is 2.35. The second-order valence-corrected chi connectivity index (χ2v) is 7.53. The first kappa shape index (κ1) is 21.7. The summed E-state index contributed by atoms with van der Waals surface area (Å²) in [6, 6.07) is 12.1. The number of rotatable bonds is 7. The van der Waals surface area contributed by atoms with Gasteiger partial charge in [0, 0.05) is 17.7 Å². The summed E-state index contributed by atoms with van der Waals surface area (Å²) in [4.78, 5) is 25.1. The van der Waals surface area contributed by atoms with E-state index in [1.54, 1.807) is 26.2 Å². The minimum absolute atomic E-state index is 0.221. The molecule has 0 unspecified atom stereocenters. The zero-order valence-corrected chi connectivity index (χ0v) is 18.5. The molecule has 158 valence electrons. The fourth-order valence-electron chi connectivity index (χ4n) is 3.32. The Hall–Kier alpha value is -3.00. The highest BCUT2D eigenvalue weighted by Crippen LogP contribution is 2.40. The van der Waals surface area contributed by atoms with Crippen LogP contribution >= 0.6 is 15.9 Å². The zero-order valence-electron chi connectivity index (χ0n) is 17.0. The van der Waals surface area contributed by atoms with E-state index in [0.717, 1.165) is 5.56 Å². The van der Waals surface area contributed by atoms with Crippen LogP contribution in [0.1, 0.15) is 24.1 Å². The number of carbonyl (C=O) groups excluding carboxylic acids is 2. The average Bonchev–Trinajstić information content (AvgIpc) is 2.73. The number of ether oxygens (including phenoxy) is 3. The quantitative estimate of drug-likeness (QED) is 0.594. The van der Waals surface area contributed by atoms with Gasteiger partial charge in [-0.1, -0.05) is 30.3 Å². The van der Waals surface area contributed by atoms with Crippen molar-refractivity contribution in [2.75, 3.05) is 20.8 Å². The first-order valence-electron chi connectivity index (χ1n) is 9.35. The van der Waals surface area contributed by atoms with Crippen molar-refractivity contribution >= 4 is 27.9 Å². The first-order valence-corrected chi connectivity index (χ1v) is 10.1. The molecular formula is C22H23BrN2O5. The van der Waals surface area contributed by atoms with E-state index in [0.29, 0.717) is 39.2 Å². The molecule has 0 fully saturated rings. The number of amides is 2. The SMILES string of the molecule is COc1cc(Br)c(OC)c([C@@H]2NC(=O)NC(C)=C2C(=O)OCCc2ccccc2)c1. The van der Waals surface area contributed by atoms with Crippen molar-refractivity contribution in [1.82, 2.24) is 10.6 Å². The molecule has 7 nitrogen and oxygen atoms in total. The molecule has 3 rings (SSSR count). The summed E-state index contributed by atoms with van der Waals surface area (Å²) in [5, 5.41) is 5.43. The van der Waals surface area contributed by atoms with Crippen molar-refractivity contribution in [3.05, 3.63) is 69.3 Å². The molecule has 0 saturated carbocycles. The molecule has 2 aromatic rings. The van der Waals surface area contributed by atoms with Crippen molar-refractivity contribution in [3.63, 3.8) is 0 Å². The van der Waals surface area contributed by atoms with Gasteiger partial charge < -0.3 is 24.8 Å². The zero-order chi connectivity index (χ0) is 21.7. The molecule has 0 radical (unpaired) electrons. The van der Waals surface area contributed by atoms with E-state index in [4.69, 9.17) is 14.2 Å². The van der Waals surface area contributed by atoms with Gasteiger partial charge in [0.15, 0.2) is 0 Å². The normalized spacial score (nSPS) is 15.9. The Kier molecular flexibility index (Phi) is 6.99. The highest BCUT2D eigenvalue weighted by molar-refractivity contribution is 9.10. The van der Waals surface area contributed by atoms with E-state index >= 15 is 0 Å². The van der Waals surface area contributed by atoms with Crippen LogP contribution in [-0.2, 0) is 16.0 Å². The average molecular weight is 475 g/mol. The highest BCUT2D eigenvalue weighted by atomic mass is 79.9. The first-order chi connectivity index (χ1) is 14.4. The van der Waals surface area contributed by atoms with Gasteiger partial charge in [-0.05, 0) is 40.5 Å². The number of carbonyl (C=O) groups is 2. The number of benzene rings is 2. The lowest BCUT2D eigenvalue weighted by molar-refractivity contribution is -0.139. The Labute approximate surface area is 183 Å². The smallest absolute Gasteiger partial charge is 0.338 e. The molecule has 0 bridgehead atoms. The second kappa shape index (κ2) is 9.67. The van der Waals surface area contributed by atoms with E-state index in [9.17, 15) is 9.59 Å². The summed E-state index contributed by atoms with van der Waals surface area (Å²) in [6.07, 6.45) is 0.595. The number of hydrogen-bond acceptors (Lipinski definition) is 5. The van der Waals surface area contributed by atoms with Crippen molar-refractivity contribution < 1.29 is 23.8 Å². The Morgan fingerprint density at radius 3 is 2.53 bits per heavy atom. The van der Waals surface area contributed by atoms with Gasteiger partial charge in [0.05, 0.1) is 36.9 Å². The third kappa shape index (κ3) is 4.76. The number of halogens is 1. The van der Waals surface area contributed by atoms with Gasteiger partial charge in [0.25, 0.3) is 0 Å². The van der Waals surface area contributed by atoms with Gasteiger partial charge in [-0.3, -0.25) is 0 Å². The van der Waals surface area contributed by atoms with Crippen LogP contribution in [0.4, 0.5) is 4.79 Å². The van der Waals surface area contributed by atoms with Crippen molar-refractivity contribution in [1.29, 1.82) is 0 Å². The number of hydrogen-bond donors (Lipinski definition) is 2. The Morgan fingerprint density at radius 2 is 1.87 bits per heavy atom. The molecule has 1 aliphatic rings. The van der Waals surface area contributed by atoms with Crippen LogP contribution in [0.5, 0.6) is 11.5 Å². The summed E-state index contributed by atoms with van der Waals surface area (Å²) in [5.41, 5.74) is 2.38. The van der Waals surface area contributed by atoms with Crippen molar-refractivity contribution in [2.24, 2.45) is 0 Å². The summed E-state index contributed by atoms with van der Waals surface area (Å²) in [6.45, 7) is 1.89. The monoisotopic (exact) mass is 474 g/mol. The summed E-state index contributed by atoms with van der Waals surface area (Å²) in [5.74, 6) is 0.534. The third-order valence-electron chi connectivity index (χ3n) is 4.75. The maximum absolute atomic E-state index is 13.0. The minimum atomic E-state index is -0.760. The molecule has 30 heavy (non-hydrogen) atoms. The predicted octanol–water partition coefficient (Wildman–Crippen LogP) is 3.88. The number of allylic oxidation sites excluding steroid dienone is 1. The molecule has 0 spiro atoms. The number of methoxy groups -OCH3 is 2. The fourth-order valence-corrected chi connectivity index (χ4v) is 3.93. The Balaban J connectivity index is 1.89. The molecule has 2 amide bonds.